The van der Waals surface area contributed by atoms with Gasteiger partial charge >= 0.3 is 0 Å². The van der Waals surface area contributed by atoms with E-state index in [0.29, 0.717) is 23.4 Å². The number of nitrogens with one attached hydrogen (secondary N) is 1. The van der Waals surface area contributed by atoms with E-state index in [4.69, 9.17) is 0 Å². The second kappa shape index (κ2) is 6.20. The van der Waals surface area contributed by atoms with Crippen molar-refractivity contribution in [3.63, 3.8) is 0 Å². The summed E-state index contributed by atoms with van der Waals surface area (Å²) in [6.45, 7) is 2.50. The predicted octanol–water partition coefficient (Wildman–Crippen LogP) is 2.53. The highest BCUT2D eigenvalue weighted by Crippen LogP contribution is 2.16. The molecule has 1 N–H and O–H groups in total. The minimum Gasteiger partial charge on any atom is -0.322 e. The maximum Gasteiger partial charge on any atom is 0.261 e. The molecule has 7 heteroatoms. The first kappa shape index (κ1) is 15.1. The fourth-order valence-corrected chi connectivity index (χ4v) is 2.73. The minimum absolute atomic E-state index is 0.217. The summed E-state index contributed by atoms with van der Waals surface area (Å²) in [4.78, 5) is 16.9. The Balaban J connectivity index is 1.53. The maximum absolute atomic E-state index is 12.6. The smallest absolute Gasteiger partial charge is 0.261 e. The molecule has 0 radical (unpaired) electrons. The van der Waals surface area contributed by atoms with Crippen LogP contribution in [0.15, 0.2) is 61.2 Å². The molecule has 0 atom stereocenters. The third-order valence-electron chi connectivity index (χ3n) is 3.91. The molecule has 0 aliphatic rings. The van der Waals surface area contributed by atoms with Crippen LogP contribution in [-0.4, -0.2) is 30.3 Å². The molecule has 0 spiro atoms. The number of aromatic nitrogens is 5. The van der Waals surface area contributed by atoms with E-state index >= 15 is 0 Å². The molecule has 4 rings (SSSR count). The van der Waals surface area contributed by atoms with E-state index in [1.54, 1.807) is 36.1 Å². The number of rotatable bonds is 4. The van der Waals surface area contributed by atoms with Gasteiger partial charge in [-0.2, -0.15) is 10.2 Å². The first-order valence-electron chi connectivity index (χ1n) is 7.88. The van der Waals surface area contributed by atoms with Crippen molar-refractivity contribution in [3.8, 4) is 0 Å². The molecule has 0 aliphatic heterocycles. The first-order chi connectivity index (χ1) is 12.2. The van der Waals surface area contributed by atoms with Crippen LogP contribution in [0.4, 0.5) is 5.69 Å². The topological polar surface area (TPSA) is 77.1 Å². The molecule has 4 aromatic rings. The minimum atomic E-state index is -0.217. The SMILES string of the molecule is Cc1nn2cccnc2c1C(=O)Nc1ccc(Cn2cccn2)cc1. The van der Waals surface area contributed by atoms with E-state index in [-0.39, 0.29) is 5.91 Å². The highest BCUT2D eigenvalue weighted by Gasteiger charge is 2.18. The van der Waals surface area contributed by atoms with Crippen LogP contribution in [-0.2, 0) is 6.54 Å². The molecule has 124 valence electrons. The molecule has 1 amide bonds. The quantitative estimate of drug-likeness (QED) is 0.623. The number of anilines is 1. The van der Waals surface area contributed by atoms with Gasteiger partial charge in [-0.05, 0) is 36.8 Å². The molecule has 3 heterocycles. The molecule has 0 saturated carbocycles. The van der Waals surface area contributed by atoms with Crippen LogP contribution in [0.25, 0.3) is 5.65 Å². The van der Waals surface area contributed by atoms with Crippen LogP contribution in [0, 0.1) is 6.92 Å². The Labute approximate surface area is 143 Å². The lowest BCUT2D eigenvalue weighted by molar-refractivity contribution is 0.102. The number of benzene rings is 1. The van der Waals surface area contributed by atoms with Gasteiger partial charge in [-0.3, -0.25) is 9.48 Å². The van der Waals surface area contributed by atoms with Gasteiger partial charge < -0.3 is 5.32 Å². The molecule has 0 saturated heterocycles. The van der Waals surface area contributed by atoms with Crippen LogP contribution in [0.3, 0.4) is 0 Å². The van der Waals surface area contributed by atoms with Gasteiger partial charge in [0.05, 0.1) is 12.2 Å². The number of carbonyl (C=O) groups is 1. The van der Waals surface area contributed by atoms with Crippen molar-refractivity contribution in [2.45, 2.75) is 13.5 Å². The van der Waals surface area contributed by atoms with Gasteiger partial charge in [-0.1, -0.05) is 12.1 Å². The fourth-order valence-electron chi connectivity index (χ4n) is 2.73. The molecule has 3 aromatic heterocycles. The zero-order valence-electron chi connectivity index (χ0n) is 13.6. The molecule has 0 unspecified atom stereocenters. The summed E-state index contributed by atoms with van der Waals surface area (Å²) in [6, 6.07) is 11.4. The number of hydrogen-bond donors (Lipinski definition) is 1. The summed E-state index contributed by atoms with van der Waals surface area (Å²) in [7, 11) is 0. The fraction of sp³-hybridized carbons (Fsp3) is 0.111. The van der Waals surface area contributed by atoms with Crippen molar-refractivity contribution in [1.29, 1.82) is 0 Å². The molecular formula is C18H16N6O. The largest absolute Gasteiger partial charge is 0.322 e. The Hall–Kier alpha value is -3.48. The van der Waals surface area contributed by atoms with Gasteiger partial charge in [0.1, 0.15) is 5.56 Å². The van der Waals surface area contributed by atoms with Gasteiger partial charge in [0, 0.05) is 30.5 Å². The van der Waals surface area contributed by atoms with Crippen molar-refractivity contribution in [2.24, 2.45) is 0 Å². The van der Waals surface area contributed by atoms with Crippen LogP contribution in [0.5, 0.6) is 0 Å². The number of carbonyl (C=O) groups excluding carboxylic acids is 1. The van der Waals surface area contributed by atoms with Crippen molar-refractivity contribution < 1.29 is 4.79 Å². The van der Waals surface area contributed by atoms with Crippen molar-refractivity contribution in [2.75, 3.05) is 5.32 Å². The zero-order chi connectivity index (χ0) is 17.2. The van der Waals surface area contributed by atoms with Crippen molar-refractivity contribution in [1.82, 2.24) is 24.4 Å². The van der Waals surface area contributed by atoms with E-state index in [0.717, 1.165) is 11.3 Å². The summed E-state index contributed by atoms with van der Waals surface area (Å²) in [5, 5.41) is 11.4. The van der Waals surface area contributed by atoms with Crippen molar-refractivity contribution in [3.05, 3.63) is 78.0 Å². The molecule has 25 heavy (non-hydrogen) atoms. The second-order valence-electron chi connectivity index (χ2n) is 5.70. The van der Waals surface area contributed by atoms with Crippen LogP contribution in [0.1, 0.15) is 21.6 Å². The zero-order valence-corrected chi connectivity index (χ0v) is 13.6. The molecule has 7 nitrogen and oxygen atoms in total. The van der Waals surface area contributed by atoms with Crippen molar-refractivity contribution >= 4 is 17.2 Å². The Bertz CT molecular complexity index is 1020. The Morgan fingerprint density at radius 2 is 1.92 bits per heavy atom. The summed E-state index contributed by atoms with van der Waals surface area (Å²) in [6.07, 6.45) is 7.09. The van der Waals surface area contributed by atoms with E-state index < -0.39 is 0 Å². The monoisotopic (exact) mass is 332 g/mol. The number of fused-ring (bicyclic) bond motifs is 1. The van der Waals surface area contributed by atoms with E-state index in [9.17, 15) is 4.79 Å². The predicted molar refractivity (Wildman–Crippen MR) is 93.4 cm³/mol. The van der Waals surface area contributed by atoms with Gasteiger partial charge in [0.25, 0.3) is 5.91 Å². The van der Waals surface area contributed by atoms with E-state index in [2.05, 4.69) is 20.5 Å². The van der Waals surface area contributed by atoms with Gasteiger partial charge in [0.2, 0.25) is 0 Å². The average molecular weight is 332 g/mol. The number of aryl methyl sites for hydroxylation is 1. The summed E-state index contributed by atoms with van der Waals surface area (Å²) in [5.74, 6) is -0.217. The third kappa shape index (κ3) is 2.99. The second-order valence-corrected chi connectivity index (χ2v) is 5.70. The molecule has 0 bridgehead atoms. The molecule has 0 fully saturated rings. The summed E-state index contributed by atoms with van der Waals surface area (Å²) >= 11 is 0. The lowest BCUT2D eigenvalue weighted by Gasteiger charge is -2.07. The number of hydrogen-bond acceptors (Lipinski definition) is 4. The van der Waals surface area contributed by atoms with Gasteiger partial charge in [-0.25, -0.2) is 9.50 Å². The third-order valence-corrected chi connectivity index (χ3v) is 3.91. The lowest BCUT2D eigenvalue weighted by Crippen LogP contribution is -2.13. The maximum atomic E-state index is 12.6. The van der Waals surface area contributed by atoms with Crippen LogP contribution in [0.2, 0.25) is 0 Å². The molecule has 0 aliphatic carbocycles. The standard InChI is InChI=1S/C18H16N6O/c1-13-16(17-19-8-2-11-24(17)22-13)18(25)21-15-6-4-14(5-7-15)12-23-10-3-9-20-23/h2-11H,12H2,1H3,(H,21,25). The Morgan fingerprint density at radius 3 is 2.68 bits per heavy atom. The number of amides is 1. The Morgan fingerprint density at radius 1 is 1.12 bits per heavy atom. The number of nitrogens with zero attached hydrogens (tertiary/aromatic N) is 5. The molecular weight excluding hydrogens is 316 g/mol. The normalized spacial score (nSPS) is 10.9. The van der Waals surface area contributed by atoms with Gasteiger partial charge in [-0.15, -0.1) is 0 Å². The molecule has 1 aromatic carbocycles. The summed E-state index contributed by atoms with van der Waals surface area (Å²) < 4.78 is 3.46. The van der Waals surface area contributed by atoms with Gasteiger partial charge in [0.15, 0.2) is 5.65 Å². The first-order valence-corrected chi connectivity index (χ1v) is 7.88. The summed E-state index contributed by atoms with van der Waals surface area (Å²) in [5.41, 5.74) is 3.51. The highest BCUT2D eigenvalue weighted by molar-refractivity contribution is 6.09. The average Bonchev–Trinajstić information content (AvgIpc) is 3.23. The highest BCUT2D eigenvalue weighted by atomic mass is 16.1. The van der Waals surface area contributed by atoms with E-state index in [1.165, 1.54) is 0 Å². The van der Waals surface area contributed by atoms with Crippen LogP contribution >= 0.6 is 0 Å². The van der Waals surface area contributed by atoms with E-state index in [1.807, 2.05) is 41.2 Å². The Kier molecular flexibility index (Phi) is 3.74. The lowest BCUT2D eigenvalue weighted by atomic mass is 10.2. The van der Waals surface area contributed by atoms with Crippen LogP contribution < -0.4 is 5.32 Å².